The second kappa shape index (κ2) is 12.3. The molecule has 2 nitrogen and oxygen atoms in total. The largest absolute Gasteiger partial charge is 0.466 e. The molecule has 0 saturated carbocycles. The molecule has 0 aromatic carbocycles. The lowest BCUT2D eigenvalue weighted by molar-refractivity contribution is -0.147. The van der Waals surface area contributed by atoms with Crippen LogP contribution in [0, 0.1) is 5.92 Å². The first-order chi connectivity index (χ1) is 10.4. The summed E-state index contributed by atoms with van der Waals surface area (Å²) in [4.78, 5) is 11.5. The molecule has 0 bridgehead atoms. The molecule has 0 aromatic rings. The number of ether oxygens (including phenoxy) is 1. The summed E-state index contributed by atoms with van der Waals surface area (Å²) in [5, 5.41) is 0. The molecule has 2 heteroatoms. The SMILES string of the molecule is CCOC(=O)C(C)CC=C(C)CCC=C(C)CCC=C(C)C. The van der Waals surface area contributed by atoms with E-state index < -0.39 is 0 Å². The highest BCUT2D eigenvalue weighted by Gasteiger charge is 2.11. The Bertz CT molecular complexity index is 409. The Morgan fingerprint density at radius 2 is 1.50 bits per heavy atom. The lowest BCUT2D eigenvalue weighted by Gasteiger charge is -2.08. The van der Waals surface area contributed by atoms with Crippen molar-refractivity contribution in [2.45, 2.75) is 73.6 Å². The molecule has 0 N–H and O–H groups in total. The third kappa shape index (κ3) is 11.4. The third-order valence-electron chi connectivity index (χ3n) is 3.63. The zero-order chi connectivity index (χ0) is 17.0. The number of allylic oxidation sites excluding steroid dienone is 6. The van der Waals surface area contributed by atoms with Gasteiger partial charge in [-0.25, -0.2) is 0 Å². The van der Waals surface area contributed by atoms with Gasteiger partial charge in [0.05, 0.1) is 12.5 Å². The highest BCUT2D eigenvalue weighted by molar-refractivity contribution is 5.72. The van der Waals surface area contributed by atoms with Gasteiger partial charge in [-0.15, -0.1) is 0 Å². The van der Waals surface area contributed by atoms with Crippen LogP contribution in [0.4, 0.5) is 0 Å². The van der Waals surface area contributed by atoms with Crippen LogP contribution < -0.4 is 0 Å². The van der Waals surface area contributed by atoms with Crippen molar-refractivity contribution in [3.8, 4) is 0 Å². The maximum absolute atomic E-state index is 11.5. The first-order valence-electron chi connectivity index (χ1n) is 8.48. The highest BCUT2D eigenvalue weighted by atomic mass is 16.5. The predicted octanol–water partition coefficient (Wildman–Crippen LogP) is 5.99. The minimum Gasteiger partial charge on any atom is -0.466 e. The van der Waals surface area contributed by atoms with E-state index in [1.165, 1.54) is 16.7 Å². The summed E-state index contributed by atoms with van der Waals surface area (Å²) in [6.07, 6.45) is 12.0. The van der Waals surface area contributed by atoms with Crippen molar-refractivity contribution in [2.75, 3.05) is 6.61 Å². The van der Waals surface area contributed by atoms with Gasteiger partial charge in [0.1, 0.15) is 0 Å². The molecule has 126 valence electrons. The topological polar surface area (TPSA) is 26.3 Å². The number of rotatable bonds is 10. The summed E-state index contributed by atoms with van der Waals surface area (Å²) >= 11 is 0. The molecule has 0 fully saturated rings. The zero-order valence-electron chi connectivity index (χ0n) is 15.4. The van der Waals surface area contributed by atoms with Crippen molar-refractivity contribution in [1.82, 2.24) is 0 Å². The molecule has 0 aromatic heterocycles. The number of hydrogen-bond donors (Lipinski definition) is 0. The van der Waals surface area contributed by atoms with Gasteiger partial charge in [-0.05, 0) is 66.7 Å². The maximum Gasteiger partial charge on any atom is 0.308 e. The normalized spacial score (nSPS) is 13.7. The van der Waals surface area contributed by atoms with Gasteiger partial charge in [-0.3, -0.25) is 4.79 Å². The van der Waals surface area contributed by atoms with E-state index in [-0.39, 0.29) is 11.9 Å². The van der Waals surface area contributed by atoms with Crippen molar-refractivity contribution >= 4 is 5.97 Å². The van der Waals surface area contributed by atoms with Crippen LogP contribution >= 0.6 is 0 Å². The van der Waals surface area contributed by atoms with Crippen molar-refractivity contribution < 1.29 is 9.53 Å². The minimum absolute atomic E-state index is 0.0451. The summed E-state index contributed by atoms with van der Waals surface area (Å²) < 4.78 is 5.02. The lowest BCUT2D eigenvalue weighted by atomic mass is 10.0. The Labute approximate surface area is 137 Å². The van der Waals surface area contributed by atoms with Crippen LogP contribution in [0.5, 0.6) is 0 Å². The second-order valence-electron chi connectivity index (χ2n) is 6.35. The Morgan fingerprint density at radius 1 is 0.955 bits per heavy atom. The quantitative estimate of drug-likeness (QED) is 0.366. The smallest absolute Gasteiger partial charge is 0.308 e. The van der Waals surface area contributed by atoms with E-state index in [1.807, 2.05) is 13.8 Å². The first kappa shape index (κ1) is 20.7. The van der Waals surface area contributed by atoms with Gasteiger partial charge < -0.3 is 4.74 Å². The molecule has 1 unspecified atom stereocenters. The molecule has 0 aliphatic rings. The van der Waals surface area contributed by atoms with Gasteiger partial charge in [-0.1, -0.05) is 41.9 Å². The van der Waals surface area contributed by atoms with E-state index in [9.17, 15) is 4.79 Å². The summed E-state index contributed by atoms with van der Waals surface area (Å²) in [6, 6.07) is 0. The molecular weight excluding hydrogens is 272 g/mol. The van der Waals surface area contributed by atoms with Gasteiger partial charge in [0, 0.05) is 0 Å². The van der Waals surface area contributed by atoms with Crippen LogP contribution in [0.15, 0.2) is 34.9 Å². The molecule has 0 aliphatic carbocycles. The van der Waals surface area contributed by atoms with Crippen LogP contribution in [0.2, 0.25) is 0 Å². The summed E-state index contributed by atoms with van der Waals surface area (Å²) in [7, 11) is 0. The van der Waals surface area contributed by atoms with Crippen LogP contribution in [0.25, 0.3) is 0 Å². The predicted molar refractivity (Wildman–Crippen MR) is 95.8 cm³/mol. The van der Waals surface area contributed by atoms with E-state index in [0.29, 0.717) is 6.61 Å². The number of carbonyl (C=O) groups excluding carboxylic acids is 1. The second-order valence-corrected chi connectivity index (χ2v) is 6.35. The standard InChI is InChI=1S/C20H34O2/c1-7-22-20(21)19(6)15-14-18(5)13-9-12-17(4)11-8-10-16(2)3/h10,12,14,19H,7-9,11,13,15H2,1-6H3. The number of carbonyl (C=O) groups is 1. The molecular formula is C20H34O2. The highest BCUT2D eigenvalue weighted by Crippen LogP contribution is 2.14. The molecule has 0 spiro atoms. The van der Waals surface area contributed by atoms with Gasteiger partial charge in [-0.2, -0.15) is 0 Å². The first-order valence-corrected chi connectivity index (χ1v) is 8.48. The van der Waals surface area contributed by atoms with E-state index >= 15 is 0 Å². The fraction of sp³-hybridized carbons (Fsp3) is 0.650. The van der Waals surface area contributed by atoms with E-state index in [0.717, 1.165) is 32.1 Å². The molecule has 22 heavy (non-hydrogen) atoms. The molecule has 0 rings (SSSR count). The van der Waals surface area contributed by atoms with Crippen molar-refractivity contribution in [3.63, 3.8) is 0 Å². The molecule has 0 aliphatic heterocycles. The molecule has 0 heterocycles. The van der Waals surface area contributed by atoms with E-state index in [1.54, 1.807) is 0 Å². The zero-order valence-corrected chi connectivity index (χ0v) is 15.4. The fourth-order valence-corrected chi connectivity index (χ4v) is 2.10. The molecule has 0 amide bonds. The van der Waals surface area contributed by atoms with Crippen LogP contribution in [-0.2, 0) is 9.53 Å². The van der Waals surface area contributed by atoms with Crippen molar-refractivity contribution in [3.05, 3.63) is 34.9 Å². The summed E-state index contributed by atoms with van der Waals surface area (Å²) in [5.74, 6) is -0.141. The number of esters is 1. The monoisotopic (exact) mass is 306 g/mol. The molecule has 0 saturated heterocycles. The Kier molecular flexibility index (Phi) is 11.5. The average molecular weight is 306 g/mol. The van der Waals surface area contributed by atoms with E-state index in [4.69, 9.17) is 4.74 Å². The summed E-state index contributed by atoms with van der Waals surface area (Å²) in [6.45, 7) is 12.9. The Morgan fingerprint density at radius 3 is 2.05 bits per heavy atom. The van der Waals surface area contributed by atoms with Crippen molar-refractivity contribution in [2.24, 2.45) is 5.92 Å². The van der Waals surface area contributed by atoms with E-state index in [2.05, 4.69) is 45.9 Å². The third-order valence-corrected chi connectivity index (χ3v) is 3.63. The van der Waals surface area contributed by atoms with Gasteiger partial charge >= 0.3 is 5.97 Å². The van der Waals surface area contributed by atoms with Crippen LogP contribution in [-0.4, -0.2) is 12.6 Å². The average Bonchev–Trinajstić information content (AvgIpc) is 2.44. The van der Waals surface area contributed by atoms with Gasteiger partial charge in [0.15, 0.2) is 0 Å². The molecule has 1 atom stereocenters. The lowest BCUT2D eigenvalue weighted by Crippen LogP contribution is -2.13. The van der Waals surface area contributed by atoms with Crippen LogP contribution in [0.3, 0.4) is 0 Å². The van der Waals surface area contributed by atoms with Crippen molar-refractivity contribution in [1.29, 1.82) is 0 Å². The maximum atomic E-state index is 11.5. The molecule has 0 radical (unpaired) electrons. The van der Waals surface area contributed by atoms with Crippen LogP contribution in [0.1, 0.15) is 73.6 Å². The van der Waals surface area contributed by atoms with Gasteiger partial charge in [0.2, 0.25) is 0 Å². The Hall–Kier alpha value is -1.31. The summed E-state index contributed by atoms with van der Waals surface area (Å²) in [5.41, 5.74) is 4.21. The Balaban J connectivity index is 4.06. The fourth-order valence-electron chi connectivity index (χ4n) is 2.10. The number of hydrogen-bond acceptors (Lipinski definition) is 2. The minimum atomic E-state index is -0.0958. The van der Waals surface area contributed by atoms with Gasteiger partial charge in [0.25, 0.3) is 0 Å².